The number of methoxy groups -OCH3 is 3. The third kappa shape index (κ3) is 198. The number of aliphatic hydroxyl groups excluding tert-OH is 13. The van der Waals surface area contributed by atoms with Gasteiger partial charge in [0.05, 0.1) is 177 Å². The molecule has 0 radical (unpaired) electrons. The minimum Gasteiger partial charge on any atom is -0.491 e. The van der Waals surface area contributed by atoms with Crippen molar-refractivity contribution in [1.82, 2.24) is 0 Å². The normalized spacial score (nSPS) is 8.89. The molecule has 0 aliphatic heterocycles. The van der Waals surface area contributed by atoms with Crippen LogP contribution in [0, 0.1) is 0 Å². The second-order valence-electron chi connectivity index (χ2n) is 18.8. The summed E-state index contributed by atoms with van der Waals surface area (Å²) >= 11 is 0. The average molecular weight is 1670 g/mol. The third-order valence-electron chi connectivity index (χ3n) is 9.97. The highest BCUT2D eigenvalue weighted by Gasteiger charge is 2.23. The first-order valence-corrected chi connectivity index (χ1v) is 31.1. The molecule has 25 heteroatoms. The van der Waals surface area contributed by atoms with E-state index in [1.165, 1.54) is 11.1 Å². The van der Waals surface area contributed by atoms with Gasteiger partial charge in [-0.25, -0.2) is 0 Å². The number of hydrogen-bond donors (Lipinski definition) is 13. The van der Waals surface area contributed by atoms with Crippen molar-refractivity contribution in [3.05, 3.63) is 72.3 Å². The summed E-state index contributed by atoms with van der Waals surface area (Å²) in [5.74, 6) is 1.51. The number of unbranched alkanes of at least 4 members (excludes halogenated alkanes) is 3. The Kier molecular flexibility index (Phi) is 343. The van der Waals surface area contributed by atoms with Crippen LogP contribution in [0.3, 0.4) is 0 Å². The molecule has 3 unspecified atom stereocenters. The molecular formula is C87H220O25. The Morgan fingerprint density at radius 3 is 0.759 bits per heavy atom. The maximum atomic E-state index is 9.13. The van der Waals surface area contributed by atoms with E-state index in [9.17, 15) is 0 Å². The molecule has 0 aliphatic carbocycles. The summed E-state index contributed by atoms with van der Waals surface area (Å²) in [6.45, 7) is 29.5. The molecule has 0 saturated heterocycles. The molecule has 2 rings (SSSR count). The Bertz CT molecular complexity index is 1410. The first kappa shape index (κ1) is 204. The number of aliphatic hydroxyl groups is 13. The molecule has 0 amide bonds. The van der Waals surface area contributed by atoms with Gasteiger partial charge in [0.25, 0.3) is 0 Å². The van der Waals surface area contributed by atoms with Crippen molar-refractivity contribution in [2.75, 3.05) is 213 Å². The van der Waals surface area contributed by atoms with Crippen LogP contribution >= 0.6 is 0 Å². The van der Waals surface area contributed by atoms with E-state index >= 15 is 0 Å². The Hall–Kier alpha value is -3.14. The van der Waals surface area contributed by atoms with E-state index in [0.29, 0.717) is 106 Å². The van der Waals surface area contributed by atoms with Crippen molar-refractivity contribution < 1.29 is 123 Å². The molecule has 13 N–H and O–H groups in total. The zero-order valence-electron chi connectivity index (χ0n) is 57.3. The minimum atomic E-state index is -0.429. The van der Waals surface area contributed by atoms with Crippen LogP contribution < -0.4 is 9.47 Å². The molecule has 2 aromatic carbocycles. The monoisotopic (exact) mass is 1670 g/mol. The molecule has 718 valence electrons. The van der Waals surface area contributed by atoms with Crippen LogP contribution in [0.25, 0.3) is 0 Å². The molecule has 112 heavy (non-hydrogen) atoms. The molecule has 0 bridgehead atoms. The van der Waals surface area contributed by atoms with Gasteiger partial charge in [0.1, 0.15) is 24.7 Å². The van der Waals surface area contributed by atoms with Crippen molar-refractivity contribution >= 4 is 0 Å². The van der Waals surface area contributed by atoms with Gasteiger partial charge in [-0.05, 0) is 74.9 Å². The Morgan fingerprint density at radius 1 is 0.312 bits per heavy atom. The SMILES string of the molecule is C.C.C.C.C.C.C.C.C.C.C.C.C.C.C.C.C.C.C.C.C.C.C=CCOCCO.CC(C)(c1ccc(OCCO)cc1)c1ccc(OCCO)cc1.CC(O)COCCO.CCCCOCCO.CCCCOCCOCC(C)O.CCCCOCCOCC(O)CC.COCCO.COCCO.COCCO.OCCO. The van der Waals surface area contributed by atoms with Gasteiger partial charge < -0.3 is 123 Å². The van der Waals surface area contributed by atoms with Gasteiger partial charge in [0.2, 0.25) is 0 Å². The maximum Gasteiger partial charge on any atom is 0.119 e. The van der Waals surface area contributed by atoms with E-state index in [1.54, 1.807) is 41.3 Å². The summed E-state index contributed by atoms with van der Waals surface area (Å²) in [6.07, 6.45) is 8.06. The first-order valence-electron chi connectivity index (χ1n) is 31.1. The molecule has 25 nitrogen and oxygen atoms in total. The van der Waals surface area contributed by atoms with Crippen LogP contribution in [-0.2, 0) is 52.8 Å². The van der Waals surface area contributed by atoms with Crippen molar-refractivity contribution in [1.29, 1.82) is 0 Å². The smallest absolute Gasteiger partial charge is 0.119 e. The summed E-state index contributed by atoms with van der Waals surface area (Å²) in [6, 6.07) is 15.9. The molecule has 0 spiro atoms. The minimum absolute atomic E-state index is 0. The Labute approximate surface area is 704 Å². The molecule has 0 heterocycles. The van der Waals surface area contributed by atoms with Crippen molar-refractivity contribution in [3.8, 4) is 11.5 Å². The Balaban J connectivity index is -0.0000000244. The number of ether oxygens (including phenoxy) is 12. The fourth-order valence-electron chi connectivity index (χ4n) is 5.19. The van der Waals surface area contributed by atoms with Crippen LogP contribution in [-0.4, -0.2) is 298 Å². The van der Waals surface area contributed by atoms with Gasteiger partial charge in [-0.2, -0.15) is 0 Å². The molecule has 2 aromatic rings. The second kappa shape index (κ2) is 188. The Morgan fingerprint density at radius 2 is 0.545 bits per heavy atom. The predicted octanol–water partition coefficient (Wildman–Crippen LogP) is 17.7. The lowest BCUT2D eigenvalue weighted by Crippen LogP contribution is -2.18. The lowest BCUT2D eigenvalue weighted by molar-refractivity contribution is 0.00256. The van der Waals surface area contributed by atoms with Crippen LogP contribution in [0.4, 0.5) is 0 Å². The lowest BCUT2D eigenvalue weighted by Gasteiger charge is -2.26. The number of benzene rings is 2. The predicted molar refractivity (Wildman–Crippen MR) is 501 cm³/mol. The fraction of sp³-hybridized carbons (Fsp3) is 0.839. The van der Waals surface area contributed by atoms with Crippen molar-refractivity contribution in [3.63, 3.8) is 0 Å². The lowest BCUT2D eigenvalue weighted by atomic mass is 9.78. The second-order valence-corrected chi connectivity index (χ2v) is 18.8. The number of hydrogen-bond acceptors (Lipinski definition) is 25. The van der Waals surface area contributed by atoms with E-state index in [1.807, 2.05) is 55.5 Å². The van der Waals surface area contributed by atoms with Gasteiger partial charge in [-0.3, -0.25) is 0 Å². The molecule has 0 aromatic heterocycles. The van der Waals surface area contributed by atoms with E-state index in [4.69, 9.17) is 109 Å². The number of rotatable bonds is 45. The molecule has 3 atom stereocenters. The standard InChI is InChI=1S/C19H24O4.C10H22O3.C9H20O3.C6H14O2.C5H12O3.C5H10O2.3C3H8O2.C2H6O2.22CH4/c1-19(2,15-3-7-17(8-4-15)22-13-11-20)16-5-9-18(10-6-16)23-14-12-21;1-3-5-6-12-7-8-13-9-10(11)4-2;1-3-4-5-11-6-7-12-8-9(2)10;1-2-3-5-8-6-4-7;1-5(7)4-8-3-2-6;1-2-4-7-5-3-6;3*1-5-3-2-4;3-1-2-4;;;;;;;;;;;;;;;;;;;;;;/h3-10,20-21H,11-14H2,1-2H3;10-11H,3-9H2,1-2H3;9-10H,3-8H2,1-2H3;7H,2-6H2,1H3;5-7H,2-4H2,1H3;2,6H,1,3-5H2;3*4H,2-3H2,1H3;3-4H,1-2H2;22*1H4. The fourth-order valence-corrected chi connectivity index (χ4v) is 5.19. The largest absolute Gasteiger partial charge is 0.491 e. The summed E-state index contributed by atoms with van der Waals surface area (Å²) in [4.78, 5) is 0. The van der Waals surface area contributed by atoms with Crippen LogP contribution in [0.5, 0.6) is 11.5 Å². The van der Waals surface area contributed by atoms with Crippen LogP contribution in [0.2, 0.25) is 0 Å². The topological polar surface area (TPSA) is 374 Å². The summed E-state index contributed by atoms with van der Waals surface area (Å²) in [5, 5.41) is 108. The van der Waals surface area contributed by atoms with Gasteiger partial charge in [-0.15, -0.1) is 6.58 Å². The van der Waals surface area contributed by atoms with Crippen molar-refractivity contribution in [2.45, 2.75) is 287 Å². The van der Waals surface area contributed by atoms with E-state index < -0.39 is 6.10 Å². The summed E-state index contributed by atoms with van der Waals surface area (Å²) < 4.78 is 59.4. The van der Waals surface area contributed by atoms with Crippen LogP contribution in [0.1, 0.15) is 275 Å². The molecule has 0 saturated carbocycles. The molecule has 0 fully saturated rings. The quantitative estimate of drug-likeness (QED) is 0.0216. The highest BCUT2D eigenvalue weighted by Crippen LogP contribution is 2.33. The van der Waals surface area contributed by atoms with Gasteiger partial charge in [0.15, 0.2) is 0 Å². The van der Waals surface area contributed by atoms with Gasteiger partial charge in [0, 0.05) is 46.6 Å². The highest BCUT2D eigenvalue weighted by atomic mass is 16.5. The molecule has 0 aliphatic rings. The average Bonchev–Trinajstić information content (AvgIpc) is 0.807. The zero-order valence-corrected chi connectivity index (χ0v) is 57.3. The molecular weight excluding hydrogens is 1440 g/mol. The van der Waals surface area contributed by atoms with E-state index in [-0.39, 0.29) is 247 Å². The highest BCUT2D eigenvalue weighted by molar-refractivity contribution is 5.41. The summed E-state index contributed by atoms with van der Waals surface area (Å²) in [7, 11) is 4.66. The zero-order chi connectivity index (χ0) is 69.8. The summed E-state index contributed by atoms with van der Waals surface area (Å²) in [5.41, 5.74) is 2.21. The maximum absolute atomic E-state index is 9.13. The van der Waals surface area contributed by atoms with Gasteiger partial charge in [-0.1, -0.05) is 255 Å². The van der Waals surface area contributed by atoms with Crippen LogP contribution in [0.15, 0.2) is 61.2 Å². The first-order chi connectivity index (χ1) is 43.4. The van der Waals surface area contributed by atoms with Gasteiger partial charge >= 0.3 is 0 Å². The van der Waals surface area contributed by atoms with E-state index in [0.717, 1.165) is 76.3 Å². The third-order valence-corrected chi connectivity index (χ3v) is 9.97. The van der Waals surface area contributed by atoms with E-state index in [2.05, 4.69) is 55.4 Å². The van der Waals surface area contributed by atoms with Crippen molar-refractivity contribution in [2.24, 2.45) is 0 Å².